The molecule has 0 aromatic heterocycles. The van der Waals surface area contributed by atoms with Gasteiger partial charge in [-0.1, -0.05) is 36.4 Å². The van der Waals surface area contributed by atoms with Crippen LogP contribution in [0.5, 0.6) is 11.5 Å². The number of benzene rings is 2. The maximum absolute atomic E-state index is 6.27. The number of aryl methyl sites for hydroxylation is 1. The van der Waals surface area contributed by atoms with Crippen molar-refractivity contribution in [3.8, 4) is 11.5 Å². The minimum atomic E-state index is 0.273. The average molecular weight is 266 g/mol. The molecule has 20 heavy (non-hydrogen) atoms. The quantitative estimate of drug-likeness (QED) is 0.778. The molecule has 0 saturated carbocycles. The van der Waals surface area contributed by atoms with Crippen LogP contribution in [0.15, 0.2) is 48.5 Å². The number of hydrogen-bond acceptors (Lipinski definition) is 2. The molecule has 102 valence electrons. The predicted molar refractivity (Wildman–Crippen MR) is 78.5 cm³/mol. The van der Waals surface area contributed by atoms with Crippen molar-refractivity contribution >= 4 is 0 Å². The maximum Gasteiger partial charge on any atom is 0.122 e. The molecule has 2 atom stereocenters. The highest BCUT2D eigenvalue weighted by Crippen LogP contribution is 2.40. The molecule has 0 bridgehead atoms. The Hall–Kier alpha value is -1.96. The molecule has 2 aliphatic heterocycles. The number of hydrogen-bond donors (Lipinski definition) is 0. The van der Waals surface area contributed by atoms with E-state index in [1.165, 1.54) is 11.1 Å². The maximum atomic E-state index is 6.27. The van der Waals surface area contributed by atoms with Crippen LogP contribution >= 0.6 is 0 Å². The van der Waals surface area contributed by atoms with Crippen LogP contribution < -0.4 is 9.47 Å². The van der Waals surface area contributed by atoms with E-state index in [9.17, 15) is 0 Å². The van der Waals surface area contributed by atoms with Crippen LogP contribution in [-0.4, -0.2) is 12.7 Å². The van der Waals surface area contributed by atoms with Gasteiger partial charge in [0.25, 0.3) is 0 Å². The molecule has 2 heteroatoms. The molecule has 2 unspecified atom stereocenters. The Morgan fingerprint density at radius 1 is 0.850 bits per heavy atom. The van der Waals surface area contributed by atoms with Crippen LogP contribution in [-0.2, 0) is 6.42 Å². The molecule has 4 rings (SSSR count). The zero-order chi connectivity index (χ0) is 13.4. The summed E-state index contributed by atoms with van der Waals surface area (Å²) in [4.78, 5) is 0. The van der Waals surface area contributed by atoms with Crippen LogP contribution in [0.1, 0.15) is 29.9 Å². The fourth-order valence-corrected chi connectivity index (χ4v) is 3.38. The Morgan fingerprint density at radius 3 is 2.60 bits per heavy atom. The lowest BCUT2D eigenvalue weighted by Gasteiger charge is -2.35. The van der Waals surface area contributed by atoms with E-state index in [0.717, 1.165) is 37.4 Å². The van der Waals surface area contributed by atoms with Gasteiger partial charge in [-0.15, -0.1) is 0 Å². The second-order valence-corrected chi connectivity index (χ2v) is 5.58. The summed E-state index contributed by atoms with van der Waals surface area (Å²) in [5.41, 5.74) is 2.65. The van der Waals surface area contributed by atoms with Gasteiger partial charge in [0, 0.05) is 11.5 Å². The van der Waals surface area contributed by atoms with Gasteiger partial charge in [-0.2, -0.15) is 0 Å². The molecule has 0 radical (unpaired) electrons. The summed E-state index contributed by atoms with van der Waals surface area (Å²) in [5.74, 6) is 2.55. The predicted octanol–water partition coefficient (Wildman–Crippen LogP) is 3.95. The van der Waals surface area contributed by atoms with Gasteiger partial charge in [-0.05, 0) is 37.0 Å². The van der Waals surface area contributed by atoms with Crippen molar-refractivity contribution in [2.45, 2.75) is 31.3 Å². The van der Waals surface area contributed by atoms with Gasteiger partial charge in [0.1, 0.15) is 17.6 Å². The van der Waals surface area contributed by atoms with E-state index < -0.39 is 0 Å². The minimum Gasteiger partial charge on any atom is -0.493 e. The molecule has 0 amide bonds. The summed E-state index contributed by atoms with van der Waals surface area (Å²) in [5, 5.41) is 0. The Kier molecular flexibility index (Phi) is 2.87. The summed E-state index contributed by atoms with van der Waals surface area (Å²) in [6.07, 6.45) is 3.52. The monoisotopic (exact) mass is 266 g/mol. The van der Waals surface area contributed by atoms with Gasteiger partial charge in [-0.25, -0.2) is 0 Å². The largest absolute Gasteiger partial charge is 0.493 e. The smallest absolute Gasteiger partial charge is 0.122 e. The molecular formula is C18H18O2. The van der Waals surface area contributed by atoms with Gasteiger partial charge in [0.05, 0.1) is 6.61 Å². The fraction of sp³-hybridized carbons (Fsp3) is 0.333. The topological polar surface area (TPSA) is 18.5 Å². The normalized spacial score (nSPS) is 24.0. The lowest BCUT2D eigenvalue weighted by molar-refractivity contribution is 0.118. The highest BCUT2D eigenvalue weighted by atomic mass is 16.5. The van der Waals surface area contributed by atoms with Crippen LogP contribution in [0.3, 0.4) is 0 Å². The van der Waals surface area contributed by atoms with Crippen LogP contribution in [0, 0.1) is 0 Å². The van der Waals surface area contributed by atoms with E-state index in [0.29, 0.717) is 5.92 Å². The zero-order valence-electron chi connectivity index (χ0n) is 11.4. The van der Waals surface area contributed by atoms with Crippen molar-refractivity contribution in [1.82, 2.24) is 0 Å². The van der Waals surface area contributed by atoms with Gasteiger partial charge in [-0.3, -0.25) is 0 Å². The molecule has 2 heterocycles. The molecule has 2 aliphatic rings. The van der Waals surface area contributed by atoms with E-state index in [4.69, 9.17) is 9.47 Å². The molecule has 2 nitrogen and oxygen atoms in total. The number of ether oxygens (including phenoxy) is 2. The third-order valence-electron chi connectivity index (χ3n) is 4.40. The first-order chi connectivity index (χ1) is 9.92. The lowest BCUT2D eigenvalue weighted by Crippen LogP contribution is -2.32. The molecular weight excluding hydrogens is 248 g/mol. The van der Waals surface area contributed by atoms with E-state index in [1.807, 2.05) is 6.07 Å². The standard InChI is InChI=1S/C18H18O2/c1-3-7-16-13(5-1)9-10-18(20-16)15-11-12-19-17-8-4-2-6-14(15)17/h1-8,15,18H,9-12H2. The third-order valence-corrected chi connectivity index (χ3v) is 4.40. The van der Waals surface area contributed by atoms with E-state index >= 15 is 0 Å². The average Bonchev–Trinajstić information content (AvgIpc) is 2.54. The van der Waals surface area contributed by atoms with Gasteiger partial charge >= 0.3 is 0 Å². The highest BCUT2D eigenvalue weighted by molar-refractivity contribution is 5.40. The summed E-state index contributed by atoms with van der Waals surface area (Å²) in [6, 6.07) is 16.8. The first kappa shape index (κ1) is 11.8. The van der Waals surface area contributed by atoms with Gasteiger partial charge < -0.3 is 9.47 Å². The lowest BCUT2D eigenvalue weighted by atomic mass is 9.84. The second kappa shape index (κ2) is 4.86. The molecule has 0 spiro atoms. The van der Waals surface area contributed by atoms with Crippen molar-refractivity contribution in [1.29, 1.82) is 0 Å². The third kappa shape index (κ3) is 1.96. The first-order valence-corrected chi connectivity index (χ1v) is 7.38. The van der Waals surface area contributed by atoms with E-state index in [-0.39, 0.29) is 6.10 Å². The molecule has 0 fully saturated rings. The number of rotatable bonds is 1. The Bertz CT molecular complexity index is 620. The zero-order valence-corrected chi connectivity index (χ0v) is 11.4. The molecule has 2 aromatic carbocycles. The summed E-state index contributed by atoms with van der Waals surface area (Å²) in [7, 11) is 0. The van der Waals surface area contributed by atoms with Gasteiger partial charge in [0.15, 0.2) is 0 Å². The van der Waals surface area contributed by atoms with E-state index in [2.05, 4.69) is 42.5 Å². The minimum absolute atomic E-state index is 0.273. The van der Waals surface area contributed by atoms with Crippen molar-refractivity contribution < 1.29 is 9.47 Å². The summed E-state index contributed by atoms with van der Waals surface area (Å²) < 4.78 is 12.0. The summed E-state index contributed by atoms with van der Waals surface area (Å²) in [6.45, 7) is 0.795. The Balaban J connectivity index is 1.64. The SMILES string of the molecule is c1ccc2c(c1)CCC(C1CCOc3ccccc31)O2. The number of para-hydroxylation sites is 2. The van der Waals surface area contributed by atoms with Crippen molar-refractivity contribution in [3.63, 3.8) is 0 Å². The van der Waals surface area contributed by atoms with Crippen LogP contribution in [0.4, 0.5) is 0 Å². The second-order valence-electron chi connectivity index (χ2n) is 5.58. The highest BCUT2D eigenvalue weighted by Gasteiger charge is 2.32. The van der Waals surface area contributed by atoms with E-state index in [1.54, 1.807) is 0 Å². The Morgan fingerprint density at radius 2 is 1.65 bits per heavy atom. The molecule has 0 aliphatic carbocycles. The van der Waals surface area contributed by atoms with Crippen LogP contribution in [0.2, 0.25) is 0 Å². The number of fused-ring (bicyclic) bond motifs is 2. The summed E-state index contributed by atoms with van der Waals surface area (Å²) >= 11 is 0. The fourth-order valence-electron chi connectivity index (χ4n) is 3.38. The Labute approximate surface area is 119 Å². The van der Waals surface area contributed by atoms with Gasteiger partial charge in [0.2, 0.25) is 0 Å². The van der Waals surface area contributed by atoms with Crippen molar-refractivity contribution in [3.05, 3.63) is 59.7 Å². The van der Waals surface area contributed by atoms with Crippen molar-refractivity contribution in [2.24, 2.45) is 0 Å². The van der Waals surface area contributed by atoms with Crippen LogP contribution in [0.25, 0.3) is 0 Å². The molecule has 0 N–H and O–H groups in total. The molecule has 0 saturated heterocycles. The van der Waals surface area contributed by atoms with Crippen molar-refractivity contribution in [2.75, 3.05) is 6.61 Å². The molecule has 2 aromatic rings. The first-order valence-electron chi connectivity index (χ1n) is 7.38.